The largest absolute Gasteiger partial charge is 0.465 e. The fourth-order valence-corrected chi connectivity index (χ4v) is 3.75. The van der Waals surface area contributed by atoms with Crippen molar-refractivity contribution in [2.24, 2.45) is 0 Å². The van der Waals surface area contributed by atoms with Crippen molar-refractivity contribution in [2.45, 2.75) is 21.4 Å². The van der Waals surface area contributed by atoms with Gasteiger partial charge < -0.3 is 14.4 Å². The minimum absolute atomic E-state index is 0.0200. The molecule has 1 heterocycles. The van der Waals surface area contributed by atoms with Crippen LogP contribution in [0.25, 0.3) is 11.4 Å². The van der Waals surface area contributed by atoms with Crippen LogP contribution in [-0.2, 0) is 26.6 Å². The van der Waals surface area contributed by atoms with Gasteiger partial charge >= 0.3 is 11.9 Å². The molecule has 1 aromatic heterocycles. The van der Waals surface area contributed by atoms with E-state index < -0.39 is 38.5 Å². The average molecular weight is 686 g/mol. The Labute approximate surface area is 244 Å². The predicted molar refractivity (Wildman–Crippen MR) is 141 cm³/mol. The zero-order chi connectivity index (χ0) is 27.3. The van der Waals surface area contributed by atoms with Gasteiger partial charge in [-0.1, -0.05) is 85.5 Å². The van der Waals surface area contributed by atoms with Crippen LogP contribution in [0.2, 0.25) is 0 Å². The number of carbonyl (C=O) groups excluding carboxylic acids is 3. The summed E-state index contributed by atoms with van der Waals surface area (Å²) in [5.41, 5.74) is 0.457. The van der Waals surface area contributed by atoms with Gasteiger partial charge in [-0.2, -0.15) is 0 Å². The second kappa shape index (κ2) is 13.1. The third-order valence-corrected chi connectivity index (χ3v) is 5.81. The maximum atomic E-state index is 13.1. The van der Waals surface area contributed by atoms with Crippen LogP contribution in [0.15, 0.2) is 22.7 Å². The van der Waals surface area contributed by atoms with E-state index in [1.165, 1.54) is 18.2 Å². The van der Waals surface area contributed by atoms with E-state index >= 15 is 0 Å². The summed E-state index contributed by atoms with van der Waals surface area (Å²) in [4.78, 5) is 50.3. The molecule has 2 rings (SSSR count). The molecule has 0 saturated heterocycles. The van der Waals surface area contributed by atoms with E-state index in [2.05, 4.69) is 30.9 Å². The highest BCUT2D eigenvalue weighted by Crippen LogP contribution is 2.41. The first-order valence-electron chi connectivity index (χ1n) is 9.98. The Morgan fingerprint density at radius 2 is 1.33 bits per heavy atom. The van der Waals surface area contributed by atoms with Crippen molar-refractivity contribution in [3.8, 4) is 11.4 Å². The zero-order valence-corrected chi connectivity index (χ0v) is 24.7. The lowest BCUT2D eigenvalue weighted by Crippen LogP contribution is -2.40. The fraction of sp³-hybridized carbons (Fsp3) is 0.400. The van der Waals surface area contributed by atoms with Gasteiger partial charge in [-0.3, -0.25) is 14.4 Å². The van der Waals surface area contributed by atoms with Crippen LogP contribution in [0.5, 0.6) is 0 Å². The van der Waals surface area contributed by atoms with Crippen molar-refractivity contribution in [2.75, 3.05) is 26.3 Å². The number of aromatic nitrogens is 3. The number of nitrogens with zero attached hydrogens (tertiary/aromatic N) is 4. The van der Waals surface area contributed by atoms with Crippen LogP contribution >= 0.6 is 85.5 Å². The van der Waals surface area contributed by atoms with Gasteiger partial charge in [0.25, 0.3) is 5.91 Å². The number of hydrogen-bond donors (Lipinski definition) is 0. The van der Waals surface area contributed by atoms with Crippen molar-refractivity contribution in [3.63, 3.8) is 0 Å². The maximum Gasteiger partial charge on any atom is 0.325 e. The second-order valence-electron chi connectivity index (χ2n) is 6.77. The van der Waals surface area contributed by atoms with Crippen molar-refractivity contribution in [1.29, 1.82) is 0 Å². The molecule has 0 aliphatic rings. The Kier molecular flexibility index (Phi) is 11.3. The number of alkyl halides is 6. The lowest BCUT2D eigenvalue weighted by atomic mass is 10.1. The lowest BCUT2D eigenvalue weighted by Gasteiger charge is -2.21. The Morgan fingerprint density at radius 1 is 0.861 bits per heavy atom. The predicted octanol–water partition coefficient (Wildman–Crippen LogP) is 5.52. The molecule has 1 aromatic carbocycles. The molecule has 9 nitrogen and oxygen atoms in total. The molecule has 1 amide bonds. The van der Waals surface area contributed by atoms with Crippen LogP contribution in [0.3, 0.4) is 0 Å². The molecule has 0 fully saturated rings. The summed E-state index contributed by atoms with van der Waals surface area (Å²) in [5, 5.41) is 0. The Hall–Kier alpha value is -1.14. The number of hydrogen-bond acceptors (Lipinski definition) is 8. The summed E-state index contributed by atoms with van der Waals surface area (Å²) < 4.78 is 6.02. The van der Waals surface area contributed by atoms with Crippen LogP contribution in [0.1, 0.15) is 35.9 Å². The van der Waals surface area contributed by atoms with Crippen LogP contribution in [0, 0.1) is 0 Å². The summed E-state index contributed by atoms with van der Waals surface area (Å²) >= 11 is 38.9. The number of esters is 2. The van der Waals surface area contributed by atoms with E-state index in [0.29, 0.717) is 10.0 Å². The summed E-state index contributed by atoms with van der Waals surface area (Å²) in [6.07, 6.45) is 0. The summed E-state index contributed by atoms with van der Waals surface area (Å²) in [6.45, 7) is 2.54. The fourth-order valence-electron chi connectivity index (χ4n) is 2.69. The molecule has 0 bridgehead atoms. The van der Waals surface area contributed by atoms with E-state index in [4.69, 9.17) is 79.1 Å². The molecule has 16 heteroatoms. The number of benzene rings is 1. The van der Waals surface area contributed by atoms with Crippen molar-refractivity contribution in [1.82, 2.24) is 19.9 Å². The summed E-state index contributed by atoms with van der Waals surface area (Å²) in [5.74, 6) is -2.61. The topological polar surface area (TPSA) is 112 Å². The van der Waals surface area contributed by atoms with Gasteiger partial charge in [-0.15, -0.1) is 0 Å². The minimum atomic E-state index is -2.05. The highest BCUT2D eigenvalue weighted by molar-refractivity contribution is 9.10. The molecule has 196 valence electrons. The molecule has 0 saturated carbocycles. The number of carbonyl (C=O) groups is 3. The Bertz CT molecular complexity index is 1090. The molecule has 0 N–H and O–H groups in total. The lowest BCUT2D eigenvalue weighted by molar-refractivity contribution is -0.147. The van der Waals surface area contributed by atoms with Gasteiger partial charge in [0.1, 0.15) is 13.1 Å². The van der Waals surface area contributed by atoms with E-state index in [0.717, 1.165) is 4.90 Å². The van der Waals surface area contributed by atoms with Crippen molar-refractivity contribution in [3.05, 3.63) is 39.9 Å². The molecule has 0 atom stereocenters. The third-order valence-electron chi connectivity index (χ3n) is 4.14. The highest BCUT2D eigenvalue weighted by Gasteiger charge is 2.34. The SMILES string of the molecule is CCOC(=O)CN(CC(=O)OCC)C(=O)c1ccc(-c2nc(C(Cl)(Cl)Cl)nc(C(Cl)(Cl)Cl)n2)c(Br)c1. The van der Waals surface area contributed by atoms with Crippen LogP contribution in [-0.4, -0.2) is 64.0 Å². The van der Waals surface area contributed by atoms with Gasteiger partial charge in [-0.05, 0) is 32.0 Å². The molecular formula is C20H17BrCl6N4O5. The molecular weight excluding hydrogens is 669 g/mol. The van der Waals surface area contributed by atoms with Gasteiger partial charge in [0.15, 0.2) is 17.5 Å². The first-order chi connectivity index (χ1) is 16.7. The first kappa shape index (κ1) is 31.1. The molecule has 0 aliphatic carbocycles. The monoisotopic (exact) mass is 682 g/mol. The van der Waals surface area contributed by atoms with Crippen molar-refractivity contribution < 1.29 is 23.9 Å². The van der Waals surface area contributed by atoms with Crippen LogP contribution < -0.4 is 0 Å². The van der Waals surface area contributed by atoms with Crippen molar-refractivity contribution >= 4 is 103 Å². The number of rotatable bonds is 8. The standard InChI is InChI=1S/C20H17BrCl6N4O5/c1-3-35-13(32)8-31(9-14(33)36-4-2)16(34)10-5-6-11(12(21)7-10)15-28-17(19(22,23)24)30-18(29-15)20(25,26)27/h5-7H,3-4,8-9H2,1-2H3. The molecule has 2 aromatic rings. The second-order valence-corrected chi connectivity index (χ2v) is 12.2. The zero-order valence-electron chi connectivity index (χ0n) is 18.5. The number of amides is 1. The normalized spacial score (nSPS) is 11.7. The van der Waals surface area contributed by atoms with Gasteiger partial charge in [0, 0.05) is 15.6 Å². The first-order valence-corrected chi connectivity index (χ1v) is 13.0. The molecule has 0 spiro atoms. The molecule has 0 aliphatic heterocycles. The summed E-state index contributed by atoms with van der Waals surface area (Å²) in [6, 6.07) is 4.32. The third kappa shape index (κ3) is 8.72. The summed E-state index contributed by atoms with van der Waals surface area (Å²) in [7, 11) is 0. The van der Waals surface area contributed by atoms with Gasteiger partial charge in [0.05, 0.1) is 13.2 Å². The number of halogens is 7. The van der Waals surface area contributed by atoms with E-state index in [-0.39, 0.29) is 36.3 Å². The van der Waals surface area contributed by atoms with E-state index in [9.17, 15) is 14.4 Å². The molecule has 0 unspecified atom stereocenters. The van der Waals surface area contributed by atoms with Gasteiger partial charge in [-0.25, -0.2) is 15.0 Å². The minimum Gasteiger partial charge on any atom is -0.465 e. The van der Waals surface area contributed by atoms with E-state index in [1.54, 1.807) is 13.8 Å². The van der Waals surface area contributed by atoms with E-state index in [1.807, 2.05) is 0 Å². The average Bonchev–Trinajstić information content (AvgIpc) is 2.77. The maximum absolute atomic E-state index is 13.1. The molecule has 36 heavy (non-hydrogen) atoms. The van der Waals surface area contributed by atoms with Crippen LogP contribution in [0.4, 0.5) is 0 Å². The number of ether oxygens (including phenoxy) is 2. The highest BCUT2D eigenvalue weighted by atomic mass is 79.9. The smallest absolute Gasteiger partial charge is 0.325 e. The Balaban J connectivity index is 2.47. The Morgan fingerprint density at radius 3 is 1.72 bits per heavy atom. The molecule has 0 radical (unpaired) electrons. The quantitative estimate of drug-likeness (QED) is 0.264. The van der Waals surface area contributed by atoms with Gasteiger partial charge in [0.2, 0.25) is 7.59 Å².